The van der Waals surface area contributed by atoms with E-state index in [4.69, 9.17) is 32.7 Å². The number of likely N-dealkylation sites (tertiary alicyclic amines) is 4. The second kappa shape index (κ2) is 27.4. The summed E-state index contributed by atoms with van der Waals surface area (Å²) in [6.45, 7) is 6.63. The van der Waals surface area contributed by atoms with Crippen LogP contribution in [0.5, 0.6) is 0 Å². The van der Waals surface area contributed by atoms with E-state index in [-0.39, 0.29) is 52.2 Å². The maximum absolute atomic E-state index is 14.2. The highest BCUT2D eigenvalue weighted by atomic mass is 35.5. The number of halogens is 2. The molecule has 2 aromatic carbocycles. The van der Waals surface area contributed by atoms with Gasteiger partial charge < -0.3 is 50.3 Å². The number of amides is 8. The maximum atomic E-state index is 14.2. The smallest absolute Gasteiger partial charge is 0.407 e. The molecule has 8 atom stereocenters. The molecule has 0 aliphatic carbocycles. The Morgan fingerprint density at radius 2 is 0.829 bits per heavy atom. The first-order valence-corrected chi connectivity index (χ1v) is 26.7. The zero-order valence-corrected chi connectivity index (χ0v) is 44.7. The number of alkyl halides is 2. The molecule has 6 rings (SSSR count). The number of ketones is 3. The minimum atomic E-state index is -1.96. The summed E-state index contributed by atoms with van der Waals surface area (Å²) in [4.78, 5) is 154. The van der Waals surface area contributed by atoms with Crippen LogP contribution in [-0.2, 0) is 65.8 Å². The van der Waals surface area contributed by atoms with Gasteiger partial charge in [0, 0.05) is 26.2 Å². The zero-order valence-electron chi connectivity index (χ0n) is 43.2. The third-order valence-electron chi connectivity index (χ3n) is 14.1. The van der Waals surface area contributed by atoms with E-state index in [0.717, 1.165) is 11.1 Å². The number of carbonyl (C=O) groups is 11. The number of rotatable bonds is 22. The molecule has 2 aromatic rings. The van der Waals surface area contributed by atoms with Crippen molar-refractivity contribution in [2.75, 3.05) is 39.3 Å². The fourth-order valence-electron chi connectivity index (χ4n) is 10.0. The molecule has 0 spiro atoms. The van der Waals surface area contributed by atoms with Crippen molar-refractivity contribution >= 4 is 88.2 Å². The number of ether oxygens (including phenoxy) is 2. The van der Waals surface area contributed by atoms with E-state index in [0.29, 0.717) is 38.5 Å². The molecule has 0 saturated carbocycles. The topological polar surface area (TPSA) is 267 Å². The Bertz CT molecular complexity index is 2300. The van der Waals surface area contributed by atoms with Gasteiger partial charge in [-0.2, -0.15) is 0 Å². The Balaban J connectivity index is 1.01. The summed E-state index contributed by atoms with van der Waals surface area (Å²) < 4.78 is 10.4. The number of alkyl carbamates (subject to hydrolysis) is 2. The van der Waals surface area contributed by atoms with Crippen LogP contribution in [0.4, 0.5) is 9.59 Å². The highest BCUT2D eigenvalue weighted by Gasteiger charge is 2.48. The van der Waals surface area contributed by atoms with E-state index in [2.05, 4.69) is 21.3 Å². The normalized spacial score (nSPS) is 20.8. The summed E-state index contributed by atoms with van der Waals surface area (Å²) >= 11 is 13.1. The number of nitrogens with zero attached hydrogens (tertiary/aromatic N) is 4. The van der Waals surface area contributed by atoms with Crippen molar-refractivity contribution in [3.05, 3.63) is 71.8 Å². The van der Waals surface area contributed by atoms with Gasteiger partial charge in [0.25, 0.3) is 0 Å². The number of hydrogen-bond donors (Lipinski definition) is 4. The van der Waals surface area contributed by atoms with Gasteiger partial charge in [0.05, 0.1) is 12.1 Å². The molecule has 0 bridgehead atoms. The van der Waals surface area contributed by atoms with E-state index in [9.17, 15) is 52.7 Å². The lowest BCUT2D eigenvalue weighted by molar-refractivity contribution is -0.145. The molecule has 2 unspecified atom stereocenters. The quantitative estimate of drug-likeness (QED) is 0.0978. The van der Waals surface area contributed by atoms with Crippen LogP contribution in [0.2, 0.25) is 0 Å². The van der Waals surface area contributed by atoms with Gasteiger partial charge >= 0.3 is 12.2 Å². The molecule has 4 heterocycles. The third-order valence-corrected chi connectivity index (χ3v) is 15.0. The van der Waals surface area contributed by atoms with Crippen molar-refractivity contribution in [2.24, 2.45) is 11.8 Å². The van der Waals surface area contributed by atoms with Gasteiger partial charge in [-0.05, 0) is 74.3 Å². The highest BCUT2D eigenvalue weighted by molar-refractivity contribution is 6.53. The van der Waals surface area contributed by atoms with Gasteiger partial charge in [-0.25, -0.2) is 9.59 Å². The van der Waals surface area contributed by atoms with Crippen molar-refractivity contribution in [1.82, 2.24) is 40.9 Å². The third kappa shape index (κ3) is 14.9. The molecular weight excluding hydrogens is 1030 g/mol. The van der Waals surface area contributed by atoms with Crippen LogP contribution < -0.4 is 21.3 Å². The van der Waals surface area contributed by atoms with E-state index in [1.807, 2.05) is 12.1 Å². The van der Waals surface area contributed by atoms with Gasteiger partial charge in [0.2, 0.25) is 35.4 Å². The lowest BCUT2D eigenvalue weighted by Gasteiger charge is -2.33. The molecule has 8 amide bonds. The summed E-state index contributed by atoms with van der Waals surface area (Å²) in [5.74, 6) is -7.30. The van der Waals surface area contributed by atoms with Crippen LogP contribution in [0, 0.1) is 11.8 Å². The Hall–Kier alpha value is -6.61. The Kier molecular flexibility index (Phi) is 21.2. The second-order valence-electron chi connectivity index (χ2n) is 20.1. The Labute approximate surface area is 451 Å². The largest absolute Gasteiger partial charge is 0.445 e. The van der Waals surface area contributed by atoms with Crippen molar-refractivity contribution in [3.63, 3.8) is 0 Å². The number of nitrogens with one attached hydrogen (secondary N) is 4. The maximum Gasteiger partial charge on any atom is 0.407 e. The van der Waals surface area contributed by atoms with Crippen LogP contribution in [0.25, 0.3) is 0 Å². The van der Waals surface area contributed by atoms with Gasteiger partial charge in [-0.1, -0.05) is 88.4 Å². The van der Waals surface area contributed by atoms with Crippen LogP contribution >= 0.6 is 23.2 Å². The molecule has 4 fully saturated rings. The molecule has 4 aliphatic heterocycles. The monoisotopic (exact) mass is 1090 g/mol. The molecule has 76 heavy (non-hydrogen) atoms. The lowest BCUT2D eigenvalue weighted by Crippen LogP contribution is -2.58. The SMILES string of the molecule is CC(C)[C@H](NC(=O)[C@@H]1CCCN1C(=O)CNC(=O)OCc1ccccc1)C(=O)N1CCC[C@H]1C(=O)C(Cl)C(=O)C(Cl)C(=O)[C@@H]1CCCN1C(=O)[C@@H](NC(=O)[C@@H]1CCCN1C(=O)CNC(=O)OCc1ccccc1)C(C)C. The Morgan fingerprint density at radius 3 is 1.17 bits per heavy atom. The van der Waals surface area contributed by atoms with E-state index >= 15 is 0 Å². The van der Waals surface area contributed by atoms with Crippen molar-refractivity contribution in [1.29, 1.82) is 0 Å². The average Bonchev–Trinajstić information content (AvgIpc) is 4.29. The van der Waals surface area contributed by atoms with Crippen LogP contribution in [0.15, 0.2) is 60.7 Å². The minimum Gasteiger partial charge on any atom is -0.445 e. The predicted molar refractivity (Wildman–Crippen MR) is 276 cm³/mol. The Morgan fingerprint density at radius 1 is 0.500 bits per heavy atom. The van der Waals surface area contributed by atoms with Gasteiger partial charge in [0.1, 0.15) is 50.5 Å². The highest BCUT2D eigenvalue weighted by Crippen LogP contribution is 2.28. The lowest BCUT2D eigenvalue weighted by atomic mass is 9.96. The van der Waals surface area contributed by atoms with Crippen LogP contribution in [0.1, 0.15) is 90.2 Å². The summed E-state index contributed by atoms with van der Waals surface area (Å²) in [6.07, 6.45) is 0.958. The van der Waals surface area contributed by atoms with Crippen LogP contribution in [-0.4, -0.2) is 171 Å². The molecular formula is C53H68Cl2N8O13. The molecule has 412 valence electrons. The standard InChI is InChI=1S/C53H68Cl2N8O13/c1-31(2)43(58-48(69)37-21-13-23-60(37)39(64)27-56-52(73)75-29-33-15-7-5-8-16-33)50(71)62-25-11-19-35(62)45(66)41(54)47(68)42(55)46(67)36-20-12-26-63(36)51(72)44(32(3)4)59-49(70)38-22-14-24-61(38)40(65)28-57-53(74)76-30-34-17-9-6-10-18-34/h5-10,15-18,31-32,35-38,41-44H,11-14,19-30H2,1-4H3,(H,56,73)(H,57,74)(H,58,69)(H,59,70)/t35-,36-,37-,38-,41?,42?,43-,44-/m0/s1. The summed E-state index contributed by atoms with van der Waals surface area (Å²) in [5.41, 5.74) is 1.52. The van der Waals surface area contributed by atoms with Crippen molar-refractivity contribution in [3.8, 4) is 0 Å². The number of hydrogen-bond acceptors (Lipinski definition) is 13. The molecule has 23 heteroatoms. The first-order chi connectivity index (χ1) is 36.3. The molecule has 0 radical (unpaired) electrons. The molecule has 4 aliphatic rings. The van der Waals surface area contributed by atoms with Gasteiger partial charge in [-0.15, -0.1) is 23.2 Å². The van der Waals surface area contributed by atoms with E-state index < -0.39 is 137 Å². The minimum absolute atomic E-state index is 0.000353. The molecule has 21 nitrogen and oxygen atoms in total. The van der Waals surface area contributed by atoms with Crippen molar-refractivity contribution < 1.29 is 62.2 Å². The first kappa shape index (κ1) is 58.6. The predicted octanol–water partition coefficient (Wildman–Crippen LogP) is 3.01. The summed E-state index contributed by atoms with van der Waals surface area (Å²) in [7, 11) is 0. The number of carbonyl (C=O) groups excluding carboxylic acids is 11. The second-order valence-corrected chi connectivity index (χ2v) is 21.0. The molecule has 4 saturated heterocycles. The average molecular weight is 1100 g/mol. The number of benzene rings is 2. The zero-order chi connectivity index (χ0) is 55.2. The molecule has 0 aromatic heterocycles. The molecule has 4 N–H and O–H groups in total. The van der Waals surface area contributed by atoms with E-state index in [1.54, 1.807) is 76.2 Å². The number of Topliss-reactive ketones (excluding diaryl/α,β-unsaturated/α-hetero) is 3. The fourth-order valence-corrected chi connectivity index (χ4v) is 10.6. The van der Waals surface area contributed by atoms with Gasteiger partial charge in [0.15, 0.2) is 28.1 Å². The van der Waals surface area contributed by atoms with Gasteiger partial charge in [-0.3, -0.25) is 43.2 Å². The van der Waals surface area contributed by atoms with Crippen molar-refractivity contribution in [2.45, 2.75) is 139 Å². The van der Waals surface area contributed by atoms with Crippen LogP contribution in [0.3, 0.4) is 0 Å². The fraction of sp³-hybridized carbons (Fsp3) is 0.566. The summed E-state index contributed by atoms with van der Waals surface area (Å²) in [5, 5.41) is 6.46. The summed E-state index contributed by atoms with van der Waals surface area (Å²) in [6, 6.07) is 11.4. The van der Waals surface area contributed by atoms with E-state index in [1.165, 1.54) is 19.6 Å². The first-order valence-electron chi connectivity index (χ1n) is 25.9.